The van der Waals surface area contributed by atoms with Crippen LogP contribution in [0.1, 0.15) is 17.3 Å². The topological polar surface area (TPSA) is 51.0 Å². The van der Waals surface area contributed by atoms with Gasteiger partial charge in [0.15, 0.2) is 0 Å². The summed E-state index contributed by atoms with van der Waals surface area (Å²) in [5.74, 6) is -0.259. The molecule has 0 saturated heterocycles. The van der Waals surface area contributed by atoms with Gasteiger partial charge >= 0.3 is 6.36 Å². The number of ether oxygens (including phenoxy) is 1. The average molecular weight is 293 g/mol. The second kappa shape index (κ2) is 5.99. The first-order valence-electron chi connectivity index (χ1n) is 5.20. The molecule has 104 valence electrons. The predicted molar refractivity (Wildman–Crippen MR) is 67.2 cm³/mol. The van der Waals surface area contributed by atoms with E-state index in [2.05, 4.69) is 9.72 Å². The molecule has 0 spiro atoms. The van der Waals surface area contributed by atoms with Gasteiger partial charge in [0, 0.05) is 11.9 Å². The molecule has 3 N–H and O–H groups in total. The molecule has 2 rings (SSSR count). The molecule has 0 aliphatic heterocycles. The normalized spacial score (nSPS) is 12.6. The third-order valence-corrected chi connectivity index (χ3v) is 2.43. The van der Waals surface area contributed by atoms with E-state index in [-0.39, 0.29) is 18.2 Å². The summed E-state index contributed by atoms with van der Waals surface area (Å²) in [4.78, 5) is 2.95. The van der Waals surface area contributed by atoms with Gasteiger partial charge in [-0.05, 0) is 29.8 Å². The van der Waals surface area contributed by atoms with Crippen LogP contribution in [-0.4, -0.2) is 11.3 Å². The molecule has 0 bridgehead atoms. The van der Waals surface area contributed by atoms with Crippen molar-refractivity contribution in [2.75, 3.05) is 0 Å². The zero-order valence-corrected chi connectivity index (χ0v) is 10.5. The molecule has 0 unspecified atom stereocenters. The number of rotatable bonds is 3. The summed E-state index contributed by atoms with van der Waals surface area (Å²) in [6.45, 7) is 0. The highest BCUT2D eigenvalue weighted by molar-refractivity contribution is 5.85. The Morgan fingerprint density at radius 2 is 1.74 bits per heavy atom. The van der Waals surface area contributed by atoms with Crippen LogP contribution in [0.25, 0.3) is 0 Å². The van der Waals surface area contributed by atoms with Crippen molar-refractivity contribution in [2.24, 2.45) is 5.73 Å². The van der Waals surface area contributed by atoms with Crippen LogP contribution in [0.2, 0.25) is 0 Å². The second-order valence-corrected chi connectivity index (χ2v) is 3.72. The zero-order valence-electron chi connectivity index (χ0n) is 9.65. The van der Waals surface area contributed by atoms with E-state index in [9.17, 15) is 13.2 Å². The predicted octanol–water partition coefficient (Wildman–Crippen LogP) is 3.38. The summed E-state index contributed by atoms with van der Waals surface area (Å²) < 4.78 is 39.7. The van der Waals surface area contributed by atoms with Crippen LogP contribution in [0.5, 0.6) is 5.75 Å². The molecule has 1 atom stereocenters. The lowest BCUT2D eigenvalue weighted by molar-refractivity contribution is -0.274. The number of H-pyrrole nitrogens is 1. The van der Waals surface area contributed by atoms with Crippen LogP contribution >= 0.6 is 12.4 Å². The summed E-state index contributed by atoms with van der Waals surface area (Å²) >= 11 is 0. The van der Waals surface area contributed by atoms with Crippen molar-refractivity contribution in [2.45, 2.75) is 12.4 Å². The zero-order chi connectivity index (χ0) is 13.2. The molecule has 0 fully saturated rings. The van der Waals surface area contributed by atoms with Crippen molar-refractivity contribution in [3.8, 4) is 5.75 Å². The first kappa shape index (κ1) is 15.4. The van der Waals surface area contributed by atoms with Crippen molar-refractivity contribution >= 4 is 12.4 Å². The maximum absolute atomic E-state index is 12.0. The van der Waals surface area contributed by atoms with E-state index in [0.717, 1.165) is 5.69 Å². The van der Waals surface area contributed by atoms with E-state index in [4.69, 9.17) is 5.73 Å². The first-order valence-corrected chi connectivity index (χ1v) is 5.20. The minimum Gasteiger partial charge on any atom is -0.406 e. The third kappa shape index (κ3) is 4.18. The Labute approximate surface area is 114 Å². The number of benzene rings is 1. The minimum atomic E-state index is -4.68. The summed E-state index contributed by atoms with van der Waals surface area (Å²) in [7, 11) is 0. The molecule has 2 aromatic rings. The lowest BCUT2D eigenvalue weighted by Gasteiger charge is -2.12. The lowest BCUT2D eigenvalue weighted by Crippen LogP contribution is -2.17. The van der Waals surface area contributed by atoms with E-state index >= 15 is 0 Å². The number of aromatic amines is 1. The van der Waals surface area contributed by atoms with Gasteiger partial charge in [-0.25, -0.2) is 0 Å². The van der Waals surface area contributed by atoms with Gasteiger partial charge in [-0.15, -0.1) is 25.6 Å². The molecule has 19 heavy (non-hydrogen) atoms. The Bertz CT molecular complexity index is 497. The monoisotopic (exact) mass is 292 g/mol. The van der Waals surface area contributed by atoms with E-state index in [1.54, 1.807) is 12.3 Å². The SMILES string of the molecule is Cl.N[C@H](c1ccc(OC(F)(F)F)cc1)c1ccc[nH]1. The molecule has 1 aromatic carbocycles. The average Bonchev–Trinajstić information content (AvgIpc) is 2.80. The summed E-state index contributed by atoms with van der Waals surface area (Å²) in [6, 6.07) is 8.71. The largest absolute Gasteiger partial charge is 0.573 e. The molecule has 0 radical (unpaired) electrons. The summed E-state index contributed by atoms with van der Waals surface area (Å²) in [5.41, 5.74) is 7.44. The van der Waals surface area contributed by atoms with Crippen molar-refractivity contribution < 1.29 is 17.9 Å². The molecule has 1 heterocycles. The Kier molecular flexibility index (Phi) is 4.85. The number of nitrogens with one attached hydrogen (secondary N) is 1. The second-order valence-electron chi connectivity index (χ2n) is 3.72. The van der Waals surface area contributed by atoms with Gasteiger partial charge in [0.05, 0.1) is 6.04 Å². The van der Waals surface area contributed by atoms with Crippen LogP contribution in [-0.2, 0) is 0 Å². The van der Waals surface area contributed by atoms with Crippen LogP contribution in [0.15, 0.2) is 42.6 Å². The third-order valence-electron chi connectivity index (χ3n) is 2.43. The molecule has 1 aromatic heterocycles. The minimum absolute atomic E-state index is 0. The Balaban J connectivity index is 0.00000180. The number of halogens is 4. The molecular weight excluding hydrogens is 281 g/mol. The van der Waals surface area contributed by atoms with E-state index < -0.39 is 12.4 Å². The number of hydrogen-bond acceptors (Lipinski definition) is 2. The lowest BCUT2D eigenvalue weighted by atomic mass is 10.1. The highest BCUT2D eigenvalue weighted by Crippen LogP contribution is 2.25. The molecule has 3 nitrogen and oxygen atoms in total. The summed E-state index contributed by atoms with van der Waals surface area (Å²) in [5, 5.41) is 0. The van der Waals surface area contributed by atoms with Gasteiger partial charge in [0.25, 0.3) is 0 Å². The van der Waals surface area contributed by atoms with Crippen LogP contribution in [0.4, 0.5) is 13.2 Å². The van der Waals surface area contributed by atoms with E-state index in [1.807, 2.05) is 6.07 Å². The standard InChI is InChI=1S/C12H11F3N2O.ClH/c13-12(14,15)18-9-5-3-8(4-6-9)11(16)10-2-1-7-17-10;/h1-7,11,17H,16H2;1H/t11-;/m1./s1. The Morgan fingerprint density at radius 1 is 1.11 bits per heavy atom. The molecule has 0 aliphatic carbocycles. The van der Waals surface area contributed by atoms with Gasteiger partial charge in [-0.1, -0.05) is 12.1 Å². The number of alkyl halides is 3. The van der Waals surface area contributed by atoms with Crippen molar-refractivity contribution in [3.63, 3.8) is 0 Å². The first-order chi connectivity index (χ1) is 8.46. The molecule has 0 amide bonds. The number of aromatic nitrogens is 1. The number of hydrogen-bond donors (Lipinski definition) is 2. The van der Waals surface area contributed by atoms with Gasteiger partial charge in [0.1, 0.15) is 5.75 Å². The van der Waals surface area contributed by atoms with E-state index in [0.29, 0.717) is 5.56 Å². The van der Waals surface area contributed by atoms with Gasteiger partial charge in [-0.3, -0.25) is 0 Å². The van der Waals surface area contributed by atoms with Gasteiger partial charge in [-0.2, -0.15) is 0 Å². The fourth-order valence-electron chi connectivity index (χ4n) is 1.59. The highest BCUT2D eigenvalue weighted by atomic mass is 35.5. The Hall–Kier alpha value is -1.66. The quantitative estimate of drug-likeness (QED) is 0.911. The van der Waals surface area contributed by atoms with Gasteiger partial charge < -0.3 is 15.5 Å². The maximum atomic E-state index is 12.0. The molecule has 0 aliphatic rings. The highest BCUT2D eigenvalue weighted by Gasteiger charge is 2.31. The Morgan fingerprint density at radius 3 is 2.21 bits per heavy atom. The van der Waals surface area contributed by atoms with Crippen molar-refractivity contribution in [3.05, 3.63) is 53.9 Å². The fourth-order valence-corrected chi connectivity index (χ4v) is 1.59. The van der Waals surface area contributed by atoms with Gasteiger partial charge in [0.2, 0.25) is 0 Å². The van der Waals surface area contributed by atoms with Crippen molar-refractivity contribution in [1.82, 2.24) is 4.98 Å². The summed E-state index contributed by atoms with van der Waals surface area (Å²) in [6.07, 6.45) is -2.95. The number of nitrogens with two attached hydrogens (primary N) is 1. The van der Waals surface area contributed by atoms with E-state index in [1.165, 1.54) is 24.3 Å². The smallest absolute Gasteiger partial charge is 0.406 e. The van der Waals surface area contributed by atoms with Crippen molar-refractivity contribution in [1.29, 1.82) is 0 Å². The molecule has 0 saturated carbocycles. The molecule has 7 heteroatoms. The van der Waals surface area contributed by atoms with Crippen LogP contribution in [0.3, 0.4) is 0 Å². The molecular formula is C12H12ClF3N2O. The maximum Gasteiger partial charge on any atom is 0.573 e. The fraction of sp³-hybridized carbons (Fsp3) is 0.167. The van der Waals surface area contributed by atoms with Crippen LogP contribution < -0.4 is 10.5 Å². The van der Waals surface area contributed by atoms with Crippen LogP contribution in [0, 0.1) is 0 Å².